The highest BCUT2D eigenvalue weighted by Gasteiger charge is 2.19. The smallest absolute Gasteiger partial charge is 0.0420 e. The fraction of sp³-hybridized carbons (Fsp3) is 0.333. The molecule has 0 aliphatic heterocycles. The van der Waals surface area contributed by atoms with E-state index >= 15 is 0 Å². The number of rotatable bonds is 8. The van der Waals surface area contributed by atoms with E-state index in [-0.39, 0.29) is 0 Å². The van der Waals surface area contributed by atoms with Crippen molar-refractivity contribution in [1.82, 2.24) is 0 Å². The highest BCUT2D eigenvalue weighted by Crippen LogP contribution is 2.36. The second kappa shape index (κ2) is 10.1. The van der Waals surface area contributed by atoms with Gasteiger partial charge < -0.3 is 5.32 Å². The highest BCUT2D eigenvalue weighted by molar-refractivity contribution is 5.78. The van der Waals surface area contributed by atoms with Gasteiger partial charge >= 0.3 is 0 Å². The van der Waals surface area contributed by atoms with Crippen molar-refractivity contribution in [3.63, 3.8) is 0 Å². The molecular weight excluding hydrogens is 338 g/mol. The molecule has 146 valence electrons. The minimum absolute atomic E-state index is 0.620. The van der Waals surface area contributed by atoms with Gasteiger partial charge in [-0.2, -0.15) is 0 Å². The van der Waals surface area contributed by atoms with Crippen LogP contribution in [0.1, 0.15) is 57.1 Å². The van der Waals surface area contributed by atoms with Gasteiger partial charge in [0.15, 0.2) is 0 Å². The van der Waals surface area contributed by atoms with Gasteiger partial charge in [-0.3, -0.25) is 0 Å². The van der Waals surface area contributed by atoms with Gasteiger partial charge in [-0.1, -0.05) is 81.0 Å². The van der Waals surface area contributed by atoms with Crippen LogP contribution in [0.15, 0.2) is 84.1 Å². The third-order valence-electron chi connectivity index (χ3n) is 5.47. The molecule has 2 aromatic carbocycles. The van der Waals surface area contributed by atoms with Gasteiger partial charge in [-0.05, 0) is 67.4 Å². The molecule has 0 saturated carbocycles. The lowest BCUT2D eigenvalue weighted by Gasteiger charge is -2.25. The average molecular weight is 372 g/mol. The van der Waals surface area contributed by atoms with Crippen molar-refractivity contribution in [2.45, 2.75) is 52.9 Å². The maximum absolute atomic E-state index is 3.73. The summed E-state index contributed by atoms with van der Waals surface area (Å²) in [7, 11) is 0. The number of hydrogen-bond acceptors (Lipinski definition) is 1. The Bertz CT molecular complexity index is 855. The molecule has 0 fully saturated rings. The van der Waals surface area contributed by atoms with Gasteiger partial charge in [-0.15, -0.1) is 0 Å². The first-order valence-corrected chi connectivity index (χ1v) is 10.7. The van der Waals surface area contributed by atoms with E-state index in [1.54, 1.807) is 0 Å². The minimum Gasteiger partial charge on any atom is -0.355 e. The summed E-state index contributed by atoms with van der Waals surface area (Å²) in [5.74, 6) is 0.620. The first-order valence-electron chi connectivity index (χ1n) is 10.7. The Labute approximate surface area is 170 Å². The molecule has 0 radical (unpaired) electrons. The van der Waals surface area contributed by atoms with Crippen LogP contribution in [-0.4, -0.2) is 0 Å². The largest absolute Gasteiger partial charge is 0.355 e. The number of aryl methyl sites for hydroxylation is 1. The van der Waals surface area contributed by atoms with E-state index in [9.17, 15) is 0 Å². The minimum atomic E-state index is 0.620. The lowest BCUT2D eigenvalue weighted by atomic mass is 9.83. The Morgan fingerprint density at radius 2 is 1.89 bits per heavy atom. The van der Waals surface area contributed by atoms with Crippen LogP contribution >= 0.6 is 0 Å². The molecule has 1 aliphatic carbocycles. The second-order valence-corrected chi connectivity index (χ2v) is 7.74. The zero-order valence-corrected chi connectivity index (χ0v) is 17.5. The van der Waals surface area contributed by atoms with Gasteiger partial charge in [0.25, 0.3) is 0 Å². The van der Waals surface area contributed by atoms with E-state index in [0.717, 1.165) is 18.5 Å². The summed E-state index contributed by atoms with van der Waals surface area (Å²) < 4.78 is 0. The molecule has 3 rings (SSSR count). The van der Waals surface area contributed by atoms with Gasteiger partial charge in [0.1, 0.15) is 0 Å². The first-order chi connectivity index (χ1) is 13.7. The van der Waals surface area contributed by atoms with Gasteiger partial charge in [-0.25, -0.2) is 0 Å². The van der Waals surface area contributed by atoms with Crippen LogP contribution in [0.3, 0.4) is 0 Å². The topological polar surface area (TPSA) is 12.0 Å². The van der Waals surface area contributed by atoms with Crippen LogP contribution < -0.4 is 5.32 Å². The zero-order chi connectivity index (χ0) is 19.8. The molecule has 28 heavy (non-hydrogen) atoms. The number of benzene rings is 2. The maximum atomic E-state index is 3.73. The molecule has 1 atom stereocenters. The molecule has 1 unspecified atom stereocenters. The average Bonchev–Trinajstić information content (AvgIpc) is 2.73. The van der Waals surface area contributed by atoms with Crippen molar-refractivity contribution in [3.8, 4) is 0 Å². The summed E-state index contributed by atoms with van der Waals surface area (Å²) in [5, 5.41) is 3.73. The van der Waals surface area contributed by atoms with Gasteiger partial charge in [0.2, 0.25) is 0 Å². The molecule has 0 bridgehead atoms. The van der Waals surface area contributed by atoms with Crippen molar-refractivity contribution >= 4 is 11.3 Å². The van der Waals surface area contributed by atoms with Gasteiger partial charge in [0, 0.05) is 17.0 Å². The van der Waals surface area contributed by atoms with Crippen LogP contribution in [-0.2, 0) is 0 Å². The SMILES string of the molecule is CCCC/C=C(\Nc1cccc(C)c1)C1=C(c2ccccc2)CC(CC)C=C1. The predicted octanol–water partition coefficient (Wildman–Crippen LogP) is 7.92. The fourth-order valence-electron chi connectivity index (χ4n) is 3.78. The van der Waals surface area contributed by atoms with Gasteiger partial charge in [0.05, 0.1) is 0 Å². The summed E-state index contributed by atoms with van der Waals surface area (Å²) in [5.41, 5.74) is 7.82. The Hall–Kier alpha value is -2.54. The van der Waals surface area contributed by atoms with Crippen LogP contribution in [0.5, 0.6) is 0 Å². The van der Waals surface area contributed by atoms with E-state index in [2.05, 4.69) is 98.9 Å². The van der Waals surface area contributed by atoms with Crippen LogP contribution in [0.4, 0.5) is 5.69 Å². The maximum Gasteiger partial charge on any atom is 0.0420 e. The Kier molecular flexibility index (Phi) is 7.31. The summed E-state index contributed by atoms with van der Waals surface area (Å²) in [4.78, 5) is 0. The molecule has 1 heteroatoms. The Morgan fingerprint density at radius 1 is 1.07 bits per heavy atom. The number of nitrogens with one attached hydrogen (secondary N) is 1. The standard InChI is InChI=1S/C27H33N/c1-4-6-8-16-27(28-24-15-11-12-21(3)19-24)25-18-17-22(5-2)20-26(25)23-13-9-7-10-14-23/h7,9-19,22,28H,4-6,8,20H2,1-3H3/b27-16-. The quantitative estimate of drug-likeness (QED) is 0.465. The Balaban J connectivity index is 2.03. The van der Waals surface area contributed by atoms with Crippen molar-refractivity contribution in [2.24, 2.45) is 5.92 Å². The molecule has 1 N–H and O–H groups in total. The lowest BCUT2D eigenvalue weighted by molar-refractivity contribution is 0.639. The lowest BCUT2D eigenvalue weighted by Crippen LogP contribution is -2.10. The monoisotopic (exact) mass is 371 g/mol. The zero-order valence-electron chi connectivity index (χ0n) is 17.5. The van der Waals surface area contributed by atoms with E-state index in [1.807, 2.05) is 0 Å². The second-order valence-electron chi connectivity index (χ2n) is 7.74. The summed E-state index contributed by atoms with van der Waals surface area (Å²) >= 11 is 0. The molecule has 0 heterocycles. The fourth-order valence-corrected chi connectivity index (χ4v) is 3.78. The van der Waals surface area contributed by atoms with Crippen LogP contribution in [0.25, 0.3) is 5.57 Å². The van der Waals surface area contributed by atoms with Crippen molar-refractivity contribution in [1.29, 1.82) is 0 Å². The number of anilines is 1. The molecule has 0 amide bonds. The highest BCUT2D eigenvalue weighted by atomic mass is 14.9. The van der Waals surface area contributed by atoms with Crippen molar-refractivity contribution in [2.75, 3.05) is 5.32 Å². The van der Waals surface area contributed by atoms with E-state index in [1.165, 1.54) is 47.2 Å². The number of allylic oxidation sites excluding steroid dienone is 4. The molecule has 0 saturated heterocycles. The number of unbranched alkanes of at least 4 members (excludes halogenated alkanes) is 2. The van der Waals surface area contributed by atoms with Crippen molar-refractivity contribution in [3.05, 3.63) is 95.2 Å². The predicted molar refractivity (Wildman–Crippen MR) is 123 cm³/mol. The molecule has 0 aromatic heterocycles. The molecular formula is C27H33N. The van der Waals surface area contributed by atoms with E-state index in [4.69, 9.17) is 0 Å². The third kappa shape index (κ3) is 5.25. The van der Waals surface area contributed by atoms with Crippen LogP contribution in [0.2, 0.25) is 0 Å². The number of hydrogen-bond donors (Lipinski definition) is 1. The molecule has 1 aliphatic rings. The normalized spacial score (nSPS) is 17.1. The van der Waals surface area contributed by atoms with Crippen molar-refractivity contribution < 1.29 is 0 Å². The molecule has 1 nitrogen and oxygen atoms in total. The Morgan fingerprint density at radius 3 is 2.61 bits per heavy atom. The molecule has 0 spiro atoms. The van der Waals surface area contributed by atoms with E-state index < -0.39 is 0 Å². The summed E-state index contributed by atoms with van der Waals surface area (Å²) in [6, 6.07) is 19.5. The first kappa shape index (κ1) is 20.2. The molecule has 2 aromatic rings. The van der Waals surface area contributed by atoms with E-state index in [0.29, 0.717) is 5.92 Å². The third-order valence-corrected chi connectivity index (χ3v) is 5.47. The summed E-state index contributed by atoms with van der Waals surface area (Å²) in [6.45, 7) is 6.68. The summed E-state index contributed by atoms with van der Waals surface area (Å²) in [6.07, 6.45) is 12.9. The van der Waals surface area contributed by atoms with Crippen LogP contribution in [0, 0.1) is 12.8 Å².